The highest BCUT2D eigenvalue weighted by Crippen LogP contribution is 2.39. The predicted octanol–water partition coefficient (Wildman–Crippen LogP) is 5.40. The van der Waals surface area contributed by atoms with Crippen LogP contribution in [0.3, 0.4) is 0 Å². The summed E-state index contributed by atoms with van der Waals surface area (Å²) in [5.41, 5.74) is 1.15. The second-order valence-electron chi connectivity index (χ2n) is 7.12. The number of carbonyl (C=O) groups excluding carboxylic acids is 2. The number of amides is 3. The van der Waals surface area contributed by atoms with Gasteiger partial charge >= 0.3 is 6.03 Å². The van der Waals surface area contributed by atoms with E-state index >= 15 is 0 Å². The standard InChI is InChI=1S/C21H21Cl2F2N3O2/c1-2-26-21(30)27-15-9-16(22)20(17(23)10-15)28-11-12(3-6-19(28)29)7-13-4-5-14(24)8-18(13)25/h4-5,8-10,12H,2-3,6-7,11H2,1H3,(H2,26,27,30). The number of anilines is 2. The Labute approximate surface area is 183 Å². The number of hydrogen-bond acceptors (Lipinski definition) is 2. The fourth-order valence-electron chi connectivity index (χ4n) is 3.53. The van der Waals surface area contributed by atoms with E-state index in [1.165, 1.54) is 29.2 Å². The summed E-state index contributed by atoms with van der Waals surface area (Å²) in [5, 5.41) is 5.66. The first-order chi connectivity index (χ1) is 14.3. The zero-order valence-corrected chi connectivity index (χ0v) is 17.8. The minimum Gasteiger partial charge on any atom is -0.338 e. The van der Waals surface area contributed by atoms with Crippen LogP contribution in [-0.4, -0.2) is 25.0 Å². The SMILES string of the molecule is CCNC(=O)Nc1cc(Cl)c(N2CC(Cc3ccc(F)cc3F)CCC2=O)c(Cl)c1. The molecule has 2 N–H and O–H groups in total. The van der Waals surface area contributed by atoms with Crippen molar-refractivity contribution in [2.75, 3.05) is 23.3 Å². The van der Waals surface area contributed by atoms with E-state index in [9.17, 15) is 18.4 Å². The van der Waals surface area contributed by atoms with Gasteiger partial charge in [-0.2, -0.15) is 0 Å². The molecule has 3 rings (SSSR count). The third-order valence-corrected chi connectivity index (χ3v) is 5.49. The Kier molecular flexibility index (Phi) is 7.15. The van der Waals surface area contributed by atoms with Crippen LogP contribution in [0.1, 0.15) is 25.3 Å². The van der Waals surface area contributed by atoms with Crippen LogP contribution in [0, 0.1) is 17.6 Å². The Hall–Kier alpha value is -2.38. The maximum Gasteiger partial charge on any atom is 0.319 e. The van der Waals surface area contributed by atoms with Crippen LogP contribution in [0.4, 0.5) is 25.0 Å². The van der Waals surface area contributed by atoms with Crippen LogP contribution in [0.5, 0.6) is 0 Å². The molecule has 3 amide bonds. The van der Waals surface area contributed by atoms with Crippen molar-refractivity contribution in [2.45, 2.75) is 26.2 Å². The van der Waals surface area contributed by atoms with Crippen LogP contribution >= 0.6 is 23.2 Å². The Morgan fingerprint density at radius 3 is 2.53 bits per heavy atom. The monoisotopic (exact) mass is 455 g/mol. The quantitative estimate of drug-likeness (QED) is 0.633. The molecule has 160 valence electrons. The van der Waals surface area contributed by atoms with Gasteiger partial charge in [-0.05, 0) is 49.4 Å². The highest BCUT2D eigenvalue weighted by atomic mass is 35.5. The average Bonchev–Trinajstić information content (AvgIpc) is 2.66. The molecule has 2 aromatic rings. The van der Waals surface area contributed by atoms with E-state index < -0.39 is 17.7 Å². The molecule has 1 fully saturated rings. The summed E-state index contributed by atoms with van der Waals surface area (Å²) in [7, 11) is 0. The highest BCUT2D eigenvalue weighted by Gasteiger charge is 2.30. The second-order valence-corrected chi connectivity index (χ2v) is 7.94. The Bertz CT molecular complexity index is 948. The van der Waals surface area contributed by atoms with Gasteiger partial charge in [-0.1, -0.05) is 29.3 Å². The summed E-state index contributed by atoms with van der Waals surface area (Å²) in [4.78, 5) is 25.8. The summed E-state index contributed by atoms with van der Waals surface area (Å²) in [5.74, 6) is -1.41. The first kappa shape index (κ1) is 22.3. The van der Waals surface area contributed by atoms with Gasteiger partial charge in [0.2, 0.25) is 5.91 Å². The van der Waals surface area contributed by atoms with Crippen molar-refractivity contribution in [1.82, 2.24) is 5.32 Å². The van der Waals surface area contributed by atoms with Gasteiger partial charge in [0.05, 0.1) is 15.7 Å². The number of carbonyl (C=O) groups is 2. The van der Waals surface area contributed by atoms with E-state index in [0.717, 1.165) is 6.07 Å². The van der Waals surface area contributed by atoms with Crippen molar-refractivity contribution in [3.8, 4) is 0 Å². The molecule has 0 spiro atoms. The number of rotatable bonds is 5. The molecule has 1 aliphatic rings. The van der Waals surface area contributed by atoms with Gasteiger partial charge in [0.15, 0.2) is 0 Å². The third-order valence-electron chi connectivity index (χ3n) is 4.91. The summed E-state index contributed by atoms with van der Waals surface area (Å²) in [6.07, 6.45) is 1.21. The minimum atomic E-state index is -0.628. The number of urea groups is 1. The molecule has 0 bridgehead atoms. The van der Waals surface area contributed by atoms with Gasteiger partial charge in [0.25, 0.3) is 0 Å². The van der Waals surface area contributed by atoms with Crippen molar-refractivity contribution < 1.29 is 18.4 Å². The minimum absolute atomic E-state index is 0.0390. The number of halogens is 4. The maximum atomic E-state index is 14.0. The molecule has 0 aliphatic carbocycles. The van der Waals surface area contributed by atoms with Gasteiger partial charge in [-0.3, -0.25) is 4.79 Å². The number of hydrogen-bond donors (Lipinski definition) is 2. The number of benzene rings is 2. The van der Waals surface area contributed by atoms with Crippen molar-refractivity contribution in [2.24, 2.45) is 5.92 Å². The van der Waals surface area contributed by atoms with Crippen molar-refractivity contribution >= 4 is 46.5 Å². The summed E-state index contributed by atoms with van der Waals surface area (Å²) in [6, 6.07) is 6.15. The highest BCUT2D eigenvalue weighted by molar-refractivity contribution is 6.40. The lowest BCUT2D eigenvalue weighted by Gasteiger charge is -2.34. The molecule has 1 saturated heterocycles. The van der Waals surface area contributed by atoms with Gasteiger partial charge in [0.1, 0.15) is 11.6 Å². The largest absolute Gasteiger partial charge is 0.338 e. The van der Waals surface area contributed by atoms with Crippen LogP contribution in [0.2, 0.25) is 10.0 Å². The van der Waals surface area contributed by atoms with E-state index in [2.05, 4.69) is 10.6 Å². The Morgan fingerprint density at radius 2 is 1.90 bits per heavy atom. The zero-order valence-electron chi connectivity index (χ0n) is 16.3. The number of nitrogens with one attached hydrogen (secondary N) is 2. The maximum absolute atomic E-state index is 14.0. The fourth-order valence-corrected chi connectivity index (χ4v) is 4.22. The molecule has 0 radical (unpaired) electrons. The van der Waals surface area contributed by atoms with E-state index in [-0.39, 0.29) is 28.3 Å². The first-order valence-corrected chi connectivity index (χ1v) is 10.3. The van der Waals surface area contributed by atoms with E-state index in [1.807, 2.05) is 0 Å². The Morgan fingerprint density at radius 1 is 1.20 bits per heavy atom. The number of nitrogens with zero attached hydrogens (tertiary/aromatic N) is 1. The lowest BCUT2D eigenvalue weighted by molar-refractivity contribution is -0.120. The van der Waals surface area contributed by atoms with Gasteiger partial charge < -0.3 is 15.5 Å². The molecule has 9 heteroatoms. The van der Waals surface area contributed by atoms with Crippen molar-refractivity contribution in [3.63, 3.8) is 0 Å². The van der Waals surface area contributed by atoms with E-state index in [0.29, 0.717) is 42.9 Å². The molecular formula is C21H21Cl2F2N3O2. The molecular weight excluding hydrogens is 435 g/mol. The van der Waals surface area contributed by atoms with Crippen LogP contribution in [-0.2, 0) is 11.2 Å². The first-order valence-electron chi connectivity index (χ1n) is 9.56. The molecule has 0 saturated carbocycles. The molecule has 0 aromatic heterocycles. The summed E-state index contributed by atoms with van der Waals surface area (Å²) >= 11 is 12.8. The zero-order chi connectivity index (χ0) is 21.8. The number of piperidine rings is 1. The van der Waals surface area contributed by atoms with E-state index in [4.69, 9.17) is 23.2 Å². The molecule has 1 atom stereocenters. The lowest BCUT2D eigenvalue weighted by Crippen LogP contribution is -2.41. The topological polar surface area (TPSA) is 61.4 Å². The van der Waals surface area contributed by atoms with Crippen LogP contribution in [0.15, 0.2) is 30.3 Å². The van der Waals surface area contributed by atoms with Crippen molar-refractivity contribution in [1.29, 1.82) is 0 Å². The molecule has 1 unspecified atom stereocenters. The average molecular weight is 456 g/mol. The van der Waals surface area contributed by atoms with Gasteiger partial charge in [-0.15, -0.1) is 0 Å². The van der Waals surface area contributed by atoms with Crippen LogP contribution < -0.4 is 15.5 Å². The normalized spacial score (nSPS) is 16.5. The predicted molar refractivity (Wildman–Crippen MR) is 114 cm³/mol. The molecule has 30 heavy (non-hydrogen) atoms. The molecule has 1 aliphatic heterocycles. The smallest absolute Gasteiger partial charge is 0.319 e. The second kappa shape index (κ2) is 9.62. The van der Waals surface area contributed by atoms with Crippen molar-refractivity contribution in [3.05, 3.63) is 57.6 Å². The molecule has 2 aromatic carbocycles. The molecule has 1 heterocycles. The molecule has 5 nitrogen and oxygen atoms in total. The van der Waals surface area contributed by atoms with Crippen LogP contribution in [0.25, 0.3) is 0 Å². The van der Waals surface area contributed by atoms with E-state index in [1.54, 1.807) is 6.92 Å². The van der Waals surface area contributed by atoms with Gasteiger partial charge in [0, 0.05) is 31.3 Å². The fraction of sp³-hybridized carbons (Fsp3) is 0.333. The lowest BCUT2D eigenvalue weighted by atomic mass is 9.90. The summed E-state index contributed by atoms with van der Waals surface area (Å²) in [6.45, 7) is 2.56. The Balaban J connectivity index is 1.79. The van der Waals surface area contributed by atoms with Gasteiger partial charge in [-0.25, -0.2) is 13.6 Å². The third kappa shape index (κ3) is 5.21. The summed E-state index contributed by atoms with van der Waals surface area (Å²) < 4.78 is 27.2.